The third-order valence-electron chi connectivity index (χ3n) is 2.81. The SMILES string of the molecule is CCNC(C)c1cnc(Cc2ccccc2F)s1. The van der Waals surface area contributed by atoms with Gasteiger partial charge in [0.25, 0.3) is 0 Å². The Labute approximate surface area is 111 Å². The van der Waals surface area contributed by atoms with E-state index in [2.05, 4.69) is 24.1 Å². The fourth-order valence-corrected chi connectivity index (χ4v) is 2.79. The molecule has 1 unspecified atom stereocenters. The second-order valence-electron chi connectivity index (χ2n) is 4.20. The molecule has 0 aliphatic carbocycles. The Bertz CT molecular complexity index is 510. The number of hydrogen-bond donors (Lipinski definition) is 1. The first-order valence-electron chi connectivity index (χ1n) is 6.12. The Morgan fingerprint density at radius 2 is 2.17 bits per heavy atom. The zero-order chi connectivity index (χ0) is 13.0. The lowest BCUT2D eigenvalue weighted by molar-refractivity contribution is 0.606. The minimum Gasteiger partial charge on any atom is -0.310 e. The van der Waals surface area contributed by atoms with Gasteiger partial charge in [0.15, 0.2) is 0 Å². The number of nitrogens with zero attached hydrogens (tertiary/aromatic N) is 1. The van der Waals surface area contributed by atoms with Crippen molar-refractivity contribution < 1.29 is 4.39 Å². The highest BCUT2D eigenvalue weighted by atomic mass is 32.1. The Balaban J connectivity index is 2.09. The first-order valence-corrected chi connectivity index (χ1v) is 6.93. The van der Waals surface area contributed by atoms with E-state index in [0.29, 0.717) is 18.0 Å². The topological polar surface area (TPSA) is 24.9 Å². The summed E-state index contributed by atoms with van der Waals surface area (Å²) in [6.07, 6.45) is 2.45. The molecule has 0 radical (unpaired) electrons. The monoisotopic (exact) mass is 264 g/mol. The van der Waals surface area contributed by atoms with E-state index in [1.165, 1.54) is 10.9 Å². The largest absolute Gasteiger partial charge is 0.310 e. The molecule has 0 fully saturated rings. The van der Waals surface area contributed by atoms with Gasteiger partial charge in [-0.15, -0.1) is 11.3 Å². The summed E-state index contributed by atoms with van der Waals surface area (Å²) in [4.78, 5) is 5.57. The summed E-state index contributed by atoms with van der Waals surface area (Å²) in [6.45, 7) is 5.13. The van der Waals surface area contributed by atoms with Gasteiger partial charge in [-0.1, -0.05) is 25.1 Å². The van der Waals surface area contributed by atoms with E-state index in [1.54, 1.807) is 17.4 Å². The van der Waals surface area contributed by atoms with Crippen LogP contribution < -0.4 is 5.32 Å². The van der Waals surface area contributed by atoms with E-state index >= 15 is 0 Å². The van der Waals surface area contributed by atoms with Crippen LogP contribution in [0.3, 0.4) is 0 Å². The minimum absolute atomic E-state index is 0.158. The van der Waals surface area contributed by atoms with Crippen LogP contribution in [0.1, 0.15) is 35.3 Å². The van der Waals surface area contributed by atoms with Crippen molar-refractivity contribution in [1.82, 2.24) is 10.3 Å². The van der Waals surface area contributed by atoms with Gasteiger partial charge < -0.3 is 5.32 Å². The van der Waals surface area contributed by atoms with Crippen molar-refractivity contribution in [2.75, 3.05) is 6.54 Å². The first-order chi connectivity index (χ1) is 8.70. The van der Waals surface area contributed by atoms with Crippen molar-refractivity contribution >= 4 is 11.3 Å². The van der Waals surface area contributed by atoms with Crippen LogP contribution in [-0.4, -0.2) is 11.5 Å². The molecule has 0 aliphatic rings. The lowest BCUT2D eigenvalue weighted by Gasteiger charge is -2.08. The van der Waals surface area contributed by atoms with Crippen molar-refractivity contribution in [3.63, 3.8) is 0 Å². The van der Waals surface area contributed by atoms with E-state index in [9.17, 15) is 4.39 Å². The number of hydrogen-bond acceptors (Lipinski definition) is 3. The van der Waals surface area contributed by atoms with Crippen LogP contribution in [0.25, 0.3) is 0 Å². The molecule has 1 aromatic heterocycles. The normalized spacial score (nSPS) is 12.6. The molecule has 96 valence electrons. The summed E-state index contributed by atoms with van der Waals surface area (Å²) in [7, 11) is 0. The summed E-state index contributed by atoms with van der Waals surface area (Å²) >= 11 is 1.64. The molecule has 0 saturated heterocycles. The maximum Gasteiger partial charge on any atom is 0.126 e. The van der Waals surface area contributed by atoms with Crippen LogP contribution in [0.5, 0.6) is 0 Å². The van der Waals surface area contributed by atoms with Crippen LogP contribution in [0.15, 0.2) is 30.5 Å². The van der Waals surface area contributed by atoms with Gasteiger partial charge in [0.05, 0.1) is 5.01 Å². The number of rotatable bonds is 5. The fraction of sp³-hybridized carbons (Fsp3) is 0.357. The van der Waals surface area contributed by atoms with Gasteiger partial charge in [0.2, 0.25) is 0 Å². The molecule has 2 rings (SSSR count). The predicted molar refractivity (Wildman–Crippen MR) is 73.4 cm³/mol. The van der Waals surface area contributed by atoms with Crippen LogP contribution >= 0.6 is 11.3 Å². The standard InChI is InChI=1S/C14H17FN2S/c1-3-16-10(2)13-9-17-14(18-13)8-11-6-4-5-7-12(11)15/h4-7,9-10,16H,3,8H2,1-2H3. The molecular weight excluding hydrogens is 247 g/mol. The van der Waals surface area contributed by atoms with Crippen molar-refractivity contribution in [1.29, 1.82) is 0 Å². The summed E-state index contributed by atoms with van der Waals surface area (Å²) < 4.78 is 13.5. The number of halogens is 1. The molecule has 0 aliphatic heterocycles. The summed E-state index contributed by atoms with van der Waals surface area (Å²) in [6, 6.07) is 7.17. The molecule has 0 bridgehead atoms. The minimum atomic E-state index is -0.158. The van der Waals surface area contributed by atoms with Crippen molar-refractivity contribution in [3.05, 3.63) is 51.7 Å². The van der Waals surface area contributed by atoms with Crippen LogP contribution in [0.2, 0.25) is 0 Å². The number of nitrogens with one attached hydrogen (secondary N) is 1. The second kappa shape index (κ2) is 6.07. The van der Waals surface area contributed by atoms with Gasteiger partial charge in [0.1, 0.15) is 5.82 Å². The van der Waals surface area contributed by atoms with Crippen LogP contribution in [0.4, 0.5) is 4.39 Å². The Morgan fingerprint density at radius 3 is 2.89 bits per heavy atom. The third-order valence-corrected chi connectivity index (χ3v) is 3.99. The quantitative estimate of drug-likeness (QED) is 0.893. The smallest absolute Gasteiger partial charge is 0.126 e. The van der Waals surface area contributed by atoms with Crippen molar-refractivity contribution in [2.24, 2.45) is 0 Å². The molecule has 2 nitrogen and oxygen atoms in total. The lowest BCUT2D eigenvalue weighted by atomic mass is 10.1. The number of benzene rings is 1. The molecular formula is C14H17FN2S. The predicted octanol–water partition coefficient (Wildman–Crippen LogP) is 3.54. The van der Waals surface area contributed by atoms with E-state index in [-0.39, 0.29) is 5.82 Å². The Hall–Kier alpha value is -1.26. The Morgan fingerprint density at radius 1 is 1.39 bits per heavy atom. The van der Waals surface area contributed by atoms with Crippen molar-refractivity contribution in [2.45, 2.75) is 26.3 Å². The highest BCUT2D eigenvalue weighted by molar-refractivity contribution is 7.11. The molecule has 1 N–H and O–H groups in total. The summed E-state index contributed by atoms with van der Waals surface area (Å²) in [5.41, 5.74) is 0.703. The molecule has 1 heterocycles. The van der Waals surface area contributed by atoms with Crippen molar-refractivity contribution in [3.8, 4) is 0 Å². The van der Waals surface area contributed by atoms with Gasteiger partial charge in [-0.25, -0.2) is 9.37 Å². The van der Waals surface area contributed by atoms with Gasteiger partial charge in [-0.05, 0) is 25.1 Å². The third kappa shape index (κ3) is 3.15. The molecule has 4 heteroatoms. The van der Waals surface area contributed by atoms with Crippen LogP contribution in [0, 0.1) is 5.82 Å². The molecule has 1 aromatic carbocycles. The molecule has 0 amide bonds. The van der Waals surface area contributed by atoms with E-state index < -0.39 is 0 Å². The highest BCUT2D eigenvalue weighted by Gasteiger charge is 2.10. The maximum absolute atomic E-state index is 13.5. The lowest BCUT2D eigenvalue weighted by Crippen LogP contribution is -2.16. The molecule has 2 aromatic rings. The van der Waals surface area contributed by atoms with E-state index in [1.807, 2.05) is 18.3 Å². The molecule has 18 heavy (non-hydrogen) atoms. The Kier molecular flexibility index (Phi) is 4.44. The maximum atomic E-state index is 13.5. The van der Waals surface area contributed by atoms with Gasteiger partial charge in [0, 0.05) is 23.5 Å². The van der Waals surface area contributed by atoms with Gasteiger partial charge >= 0.3 is 0 Å². The highest BCUT2D eigenvalue weighted by Crippen LogP contribution is 2.23. The van der Waals surface area contributed by atoms with E-state index in [0.717, 1.165) is 11.6 Å². The second-order valence-corrected chi connectivity index (χ2v) is 5.35. The van der Waals surface area contributed by atoms with E-state index in [4.69, 9.17) is 0 Å². The molecule has 1 atom stereocenters. The zero-order valence-electron chi connectivity index (χ0n) is 10.6. The average molecular weight is 264 g/mol. The van der Waals surface area contributed by atoms with Crippen LogP contribution in [-0.2, 0) is 6.42 Å². The average Bonchev–Trinajstić information content (AvgIpc) is 2.81. The fourth-order valence-electron chi connectivity index (χ4n) is 1.82. The molecule has 0 spiro atoms. The number of aromatic nitrogens is 1. The molecule has 0 saturated carbocycles. The van der Waals surface area contributed by atoms with Gasteiger partial charge in [-0.3, -0.25) is 0 Å². The van der Waals surface area contributed by atoms with Gasteiger partial charge in [-0.2, -0.15) is 0 Å². The summed E-state index contributed by atoms with van der Waals surface area (Å²) in [5, 5.41) is 4.30. The first kappa shape index (κ1) is 13.2. The summed E-state index contributed by atoms with van der Waals surface area (Å²) in [5.74, 6) is -0.158. The number of thiazole rings is 1. The zero-order valence-corrected chi connectivity index (χ0v) is 11.4.